The Kier molecular flexibility index (Phi) is 5.14. The number of fused-ring (bicyclic) bond motifs is 3. The number of amides is 2. The lowest BCUT2D eigenvalue weighted by Crippen LogP contribution is -2.35. The number of carbonyl (C=O) groups excluding carboxylic acids is 2. The highest BCUT2D eigenvalue weighted by Gasteiger charge is 2.20. The Morgan fingerprint density at radius 2 is 1.72 bits per heavy atom. The van der Waals surface area contributed by atoms with Crippen molar-refractivity contribution in [3.8, 4) is 0 Å². The number of benzene rings is 3. The van der Waals surface area contributed by atoms with E-state index in [1.165, 1.54) is 4.90 Å². The van der Waals surface area contributed by atoms with Crippen LogP contribution in [0.15, 0.2) is 72.9 Å². The number of carbonyl (C=O) groups is 2. The van der Waals surface area contributed by atoms with Crippen molar-refractivity contribution in [3.05, 3.63) is 83.5 Å². The van der Waals surface area contributed by atoms with Crippen molar-refractivity contribution >= 4 is 50.8 Å². The quantitative estimate of drug-likeness (QED) is 0.500. The summed E-state index contributed by atoms with van der Waals surface area (Å²) in [5.41, 5.74) is 1.60. The van der Waals surface area contributed by atoms with Crippen LogP contribution in [0.5, 0.6) is 0 Å². The van der Waals surface area contributed by atoms with E-state index in [9.17, 15) is 9.59 Å². The van der Waals surface area contributed by atoms with E-state index in [2.05, 4.69) is 10.3 Å². The Hall–Kier alpha value is -3.44. The van der Waals surface area contributed by atoms with Crippen LogP contribution in [-0.4, -0.2) is 35.3 Å². The number of anilines is 1. The van der Waals surface area contributed by atoms with E-state index >= 15 is 0 Å². The number of nitrogens with zero attached hydrogens (tertiary/aromatic N) is 2. The van der Waals surface area contributed by atoms with Gasteiger partial charge in [-0.25, -0.2) is 0 Å². The van der Waals surface area contributed by atoms with E-state index in [1.807, 2.05) is 42.5 Å². The van der Waals surface area contributed by atoms with Crippen molar-refractivity contribution in [2.75, 3.05) is 18.9 Å². The molecule has 3 aromatic carbocycles. The molecule has 0 radical (unpaired) electrons. The highest BCUT2D eigenvalue weighted by atomic mass is 35.5. The lowest BCUT2D eigenvalue weighted by atomic mass is 10.00. The summed E-state index contributed by atoms with van der Waals surface area (Å²) in [5, 5.41) is 6.07. The van der Waals surface area contributed by atoms with Gasteiger partial charge in [-0.15, -0.1) is 0 Å². The fourth-order valence-electron chi connectivity index (χ4n) is 3.34. The van der Waals surface area contributed by atoms with E-state index in [1.54, 1.807) is 37.5 Å². The van der Waals surface area contributed by atoms with E-state index in [0.29, 0.717) is 21.8 Å². The molecule has 0 bridgehead atoms. The Balaban J connectivity index is 1.62. The number of halogens is 1. The molecule has 0 atom stereocenters. The van der Waals surface area contributed by atoms with Crippen LogP contribution in [0.3, 0.4) is 0 Å². The largest absolute Gasteiger partial charge is 0.332 e. The van der Waals surface area contributed by atoms with Gasteiger partial charge in [-0.1, -0.05) is 54.1 Å². The number of para-hydroxylation sites is 1. The van der Waals surface area contributed by atoms with Crippen LogP contribution in [0, 0.1) is 0 Å². The van der Waals surface area contributed by atoms with Crippen LogP contribution in [-0.2, 0) is 4.79 Å². The Labute approximate surface area is 172 Å². The van der Waals surface area contributed by atoms with Gasteiger partial charge in [0.15, 0.2) is 0 Å². The lowest BCUT2D eigenvalue weighted by molar-refractivity contribution is -0.116. The molecule has 144 valence electrons. The minimum atomic E-state index is -0.327. The molecule has 2 amide bonds. The predicted octanol–water partition coefficient (Wildman–Crippen LogP) is 4.75. The fraction of sp³-hybridized carbons (Fsp3) is 0.0870. The molecule has 4 aromatic rings. The van der Waals surface area contributed by atoms with Gasteiger partial charge >= 0.3 is 0 Å². The number of aromatic nitrogens is 1. The summed E-state index contributed by atoms with van der Waals surface area (Å²) < 4.78 is 0. The average Bonchev–Trinajstić information content (AvgIpc) is 2.74. The minimum Gasteiger partial charge on any atom is -0.332 e. The van der Waals surface area contributed by atoms with Crippen molar-refractivity contribution in [2.24, 2.45) is 0 Å². The molecule has 29 heavy (non-hydrogen) atoms. The first-order chi connectivity index (χ1) is 14.0. The second-order valence-corrected chi connectivity index (χ2v) is 7.14. The molecule has 1 heterocycles. The van der Waals surface area contributed by atoms with Gasteiger partial charge in [-0.05, 0) is 35.0 Å². The first kappa shape index (κ1) is 18.9. The summed E-state index contributed by atoms with van der Waals surface area (Å²) in [6, 6.07) is 20.5. The van der Waals surface area contributed by atoms with Crippen LogP contribution >= 0.6 is 11.6 Å². The third kappa shape index (κ3) is 3.77. The zero-order chi connectivity index (χ0) is 20.4. The monoisotopic (exact) mass is 403 g/mol. The standard InChI is InChI=1S/C23H18ClN3O2/c1-27(14-21(28)26-20-11-5-4-10-19(20)24)23(29)18-13-15-7-2-3-8-16(15)17-9-6-12-25-22(17)18/h2-13H,14H2,1H3,(H,26,28). The molecular weight excluding hydrogens is 386 g/mol. The summed E-state index contributed by atoms with van der Waals surface area (Å²) in [6.07, 6.45) is 1.66. The van der Waals surface area contributed by atoms with Crippen molar-refractivity contribution in [1.29, 1.82) is 0 Å². The summed E-state index contributed by atoms with van der Waals surface area (Å²) in [4.78, 5) is 31.4. The zero-order valence-electron chi connectivity index (χ0n) is 15.7. The van der Waals surface area contributed by atoms with E-state index < -0.39 is 0 Å². The second kappa shape index (κ2) is 7.89. The second-order valence-electron chi connectivity index (χ2n) is 6.73. The Morgan fingerprint density at radius 1 is 1.00 bits per heavy atom. The molecule has 0 unspecified atom stereocenters. The highest BCUT2D eigenvalue weighted by Crippen LogP contribution is 2.28. The maximum absolute atomic E-state index is 13.1. The molecule has 5 nitrogen and oxygen atoms in total. The zero-order valence-corrected chi connectivity index (χ0v) is 16.5. The van der Waals surface area contributed by atoms with E-state index in [0.717, 1.165) is 16.2 Å². The van der Waals surface area contributed by atoms with Crippen LogP contribution < -0.4 is 5.32 Å². The Bertz CT molecular complexity index is 1240. The average molecular weight is 404 g/mol. The van der Waals surface area contributed by atoms with E-state index in [4.69, 9.17) is 11.6 Å². The first-order valence-corrected chi connectivity index (χ1v) is 9.48. The Morgan fingerprint density at radius 3 is 2.55 bits per heavy atom. The third-order valence-corrected chi connectivity index (χ3v) is 5.05. The molecule has 4 rings (SSSR count). The van der Waals surface area contributed by atoms with Gasteiger partial charge in [0.2, 0.25) is 5.91 Å². The molecule has 0 saturated heterocycles. The number of pyridine rings is 1. The normalized spacial score (nSPS) is 10.8. The maximum Gasteiger partial charge on any atom is 0.256 e. The van der Waals surface area contributed by atoms with Gasteiger partial charge in [-0.2, -0.15) is 0 Å². The van der Waals surface area contributed by atoms with Crippen molar-refractivity contribution in [1.82, 2.24) is 9.88 Å². The molecule has 0 fully saturated rings. The lowest BCUT2D eigenvalue weighted by Gasteiger charge is -2.18. The molecular formula is C23H18ClN3O2. The van der Waals surface area contributed by atoms with Crippen LogP contribution in [0.4, 0.5) is 5.69 Å². The van der Waals surface area contributed by atoms with Crippen molar-refractivity contribution in [3.63, 3.8) is 0 Å². The summed E-state index contributed by atoms with van der Waals surface area (Å²) in [5.74, 6) is -0.597. The number of nitrogens with one attached hydrogen (secondary N) is 1. The van der Waals surface area contributed by atoms with Crippen molar-refractivity contribution < 1.29 is 9.59 Å². The third-order valence-electron chi connectivity index (χ3n) is 4.72. The van der Waals surface area contributed by atoms with Gasteiger partial charge < -0.3 is 10.2 Å². The van der Waals surface area contributed by atoms with Gasteiger partial charge in [0, 0.05) is 18.6 Å². The first-order valence-electron chi connectivity index (χ1n) is 9.11. The van der Waals surface area contributed by atoms with Gasteiger partial charge in [0.25, 0.3) is 5.91 Å². The molecule has 0 spiro atoms. The maximum atomic E-state index is 13.1. The molecule has 1 N–H and O–H groups in total. The van der Waals surface area contributed by atoms with Crippen molar-refractivity contribution in [2.45, 2.75) is 0 Å². The van der Waals surface area contributed by atoms with Gasteiger partial charge in [0.05, 0.1) is 28.3 Å². The molecule has 0 aliphatic rings. The predicted molar refractivity (Wildman–Crippen MR) is 116 cm³/mol. The summed E-state index contributed by atoms with van der Waals surface area (Å²) >= 11 is 6.08. The number of rotatable bonds is 4. The minimum absolute atomic E-state index is 0.106. The van der Waals surface area contributed by atoms with Gasteiger partial charge in [-0.3, -0.25) is 14.6 Å². The SMILES string of the molecule is CN(CC(=O)Nc1ccccc1Cl)C(=O)c1cc2ccccc2c2cccnc12. The molecule has 0 saturated carbocycles. The molecule has 0 aliphatic carbocycles. The summed E-state index contributed by atoms with van der Waals surface area (Å²) in [7, 11) is 1.60. The van der Waals surface area contributed by atoms with Crippen LogP contribution in [0.2, 0.25) is 5.02 Å². The number of hydrogen-bond acceptors (Lipinski definition) is 3. The summed E-state index contributed by atoms with van der Waals surface area (Å²) in [6.45, 7) is -0.106. The van der Waals surface area contributed by atoms with E-state index in [-0.39, 0.29) is 18.4 Å². The molecule has 1 aromatic heterocycles. The molecule has 0 aliphatic heterocycles. The smallest absolute Gasteiger partial charge is 0.256 e. The van der Waals surface area contributed by atoms with Gasteiger partial charge in [0.1, 0.15) is 0 Å². The number of likely N-dealkylation sites (N-methyl/N-ethyl adjacent to an activating group) is 1. The highest BCUT2D eigenvalue weighted by molar-refractivity contribution is 6.33. The fourth-order valence-corrected chi connectivity index (χ4v) is 3.52. The van der Waals surface area contributed by atoms with Crippen LogP contribution in [0.1, 0.15) is 10.4 Å². The number of hydrogen-bond donors (Lipinski definition) is 1. The van der Waals surface area contributed by atoms with Crippen LogP contribution in [0.25, 0.3) is 21.7 Å². The molecule has 6 heteroatoms. The topological polar surface area (TPSA) is 62.3 Å².